The molecule has 0 atom stereocenters. The van der Waals surface area contributed by atoms with Crippen molar-refractivity contribution in [2.24, 2.45) is 10.8 Å². The lowest BCUT2D eigenvalue weighted by atomic mass is 9.63. The van der Waals surface area contributed by atoms with Crippen molar-refractivity contribution in [2.75, 3.05) is 26.9 Å². The lowest BCUT2D eigenvalue weighted by Gasteiger charge is -2.49. The zero-order chi connectivity index (χ0) is 36.1. The van der Waals surface area contributed by atoms with Gasteiger partial charge >= 0.3 is 11.9 Å². The Morgan fingerprint density at radius 2 is 1.55 bits per heavy atom. The fourth-order valence-corrected chi connectivity index (χ4v) is 7.71. The third-order valence-corrected chi connectivity index (χ3v) is 9.70. The predicted octanol–water partition coefficient (Wildman–Crippen LogP) is 9.29. The zero-order valence-corrected chi connectivity index (χ0v) is 30.0. The third kappa shape index (κ3) is 7.42. The Morgan fingerprint density at radius 1 is 0.959 bits per heavy atom. The molecule has 0 radical (unpaired) electrons. The molecule has 0 amide bonds. The van der Waals surface area contributed by atoms with Crippen LogP contribution in [0.15, 0.2) is 57.3 Å². The first-order chi connectivity index (χ1) is 22.9. The number of hydrogen-bond acceptors (Lipinski definition) is 8. The van der Waals surface area contributed by atoms with Crippen LogP contribution in [0.3, 0.4) is 0 Å². The van der Waals surface area contributed by atoms with Gasteiger partial charge in [0.1, 0.15) is 0 Å². The van der Waals surface area contributed by atoms with Gasteiger partial charge in [0.15, 0.2) is 23.1 Å². The van der Waals surface area contributed by atoms with Gasteiger partial charge in [-0.3, -0.25) is 19.7 Å². The van der Waals surface area contributed by atoms with Gasteiger partial charge in [-0.2, -0.15) is 13.2 Å². The van der Waals surface area contributed by atoms with Gasteiger partial charge in [0.2, 0.25) is 5.75 Å². The van der Waals surface area contributed by atoms with Crippen LogP contribution in [0.4, 0.5) is 18.9 Å². The van der Waals surface area contributed by atoms with Crippen molar-refractivity contribution >= 4 is 33.2 Å². The Bertz CT molecular complexity index is 1710. The number of carbonyl (C=O) groups excluding carboxylic acids is 2. The molecule has 0 spiro atoms. The molecule has 49 heavy (non-hydrogen) atoms. The maximum absolute atomic E-state index is 14.2. The number of ether oxygens (including phenoxy) is 3. The number of benzene rings is 2. The number of nitrogens with zero attached hydrogens (tertiary/aromatic N) is 2. The average molecular weight is 750 g/mol. The van der Waals surface area contributed by atoms with E-state index in [2.05, 4.69) is 48.5 Å². The summed E-state index contributed by atoms with van der Waals surface area (Å²) in [5.74, 6) is -1.08. The zero-order valence-electron chi connectivity index (χ0n) is 28.4. The van der Waals surface area contributed by atoms with E-state index in [1.807, 2.05) is 0 Å². The van der Waals surface area contributed by atoms with Crippen LogP contribution in [-0.4, -0.2) is 48.3 Å². The molecule has 3 aliphatic rings. The first-order valence-corrected chi connectivity index (χ1v) is 17.0. The number of allylic oxidation sites excluding steroid dienone is 4. The second-order valence-corrected chi connectivity index (χ2v) is 15.2. The highest BCUT2D eigenvalue weighted by Crippen LogP contribution is 2.56. The largest absolute Gasteiger partial charge is 0.490 e. The fraction of sp³-hybridized carbons (Fsp3) is 0.500. The molecule has 0 saturated heterocycles. The fourth-order valence-electron chi connectivity index (χ4n) is 7.17. The maximum atomic E-state index is 14.2. The van der Waals surface area contributed by atoms with Gasteiger partial charge in [-0.15, -0.1) is 0 Å². The smallest absolute Gasteiger partial charge is 0.416 e. The predicted molar refractivity (Wildman–Crippen MR) is 180 cm³/mol. The van der Waals surface area contributed by atoms with E-state index in [0.717, 1.165) is 17.5 Å². The molecule has 5 rings (SSSR count). The van der Waals surface area contributed by atoms with E-state index in [1.165, 1.54) is 0 Å². The molecule has 9 nitrogen and oxygen atoms in total. The van der Waals surface area contributed by atoms with E-state index >= 15 is 0 Å². The third-order valence-electron chi connectivity index (χ3n) is 9.11. The molecule has 1 aliphatic heterocycles. The number of nitro benzene ring substituents is 1. The Labute approximate surface area is 291 Å². The second kappa shape index (κ2) is 13.5. The van der Waals surface area contributed by atoms with Crippen LogP contribution in [-0.2, 0) is 20.5 Å². The molecular weight excluding hydrogens is 709 g/mol. The summed E-state index contributed by atoms with van der Waals surface area (Å²) in [6.45, 7) is 11.2. The number of carbonyl (C=O) groups is 2. The van der Waals surface area contributed by atoms with Gasteiger partial charge in [0.05, 0.1) is 21.6 Å². The van der Waals surface area contributed by atoms with Gasteiger partial charge in [-0.05, 0) is 82.8 Å². The van der Waals surface area contributed by atoms with Gasteiger partial charge < -0.3 is 19.1 Å². The molecule has 2 aromatic rings. The minimum Gasteiger partial charge on any atom is -0.490 e. The summed E-state index contributed by atoms with van der Waals surface area (Å²) in [6.07, 6.45) is -2.24. The highest BCUT2D eigenvalue weighted by atomic mass is 79.9. The molecule has 0 saturated carbocycles. The van der Waals surface area contributed by atoms with Gasteiger partial charge in [0.25, 0.3) is 0 Å². The van der Waals surface area contributed by atoms with Crippen molar-refractivity contribution in [3.05, 3.63) is 78.6 Å². The molecule has 0 N–H and O–H groups in total. The van der Waals surface area contributed by atoms with Crippen LogP contribution in [0, 0.1) is 20.9 Å². The molecule has 0 aromatic heterocycles. The highest BCUT2D eigenvalue weighted by molar-refractivity contribution is 9.10. The Kier molecular flexibility index (Phi) is 10.1. The number of methoxy groups -OCH3 is 1. The van der Waals surface area contributed by atoms with Crippen molar-refractivity contribution in [1.29, 1.82) is 0 Å². The maximum Gasteiger partial charge on any atom is 0.416 e. The number of rotatable bonds is 10. The van der Waals surface area contributed by atoms with E-state index in [1.54, 1.807) is 26.2 Å². The van der Waals surface area contributed by atoms with Gasteiger partial charge in [-0.25, -0.2) is 0 Å². The molecule has 264 valence electrons. The number of nitro groups is 1. The molecule has 0 fully saturated rings. The Hall–Kier alpha value is -3.71. The SMILES string of the molecule is CCOc1cc(C2C3=C(CC(C)(C)CC3=O)N(CCCOC)C3=C2C(=O)CC(C)(C)C3)cc(Br)c1Oc1ccc(C(F)(F)F)cc1[N+](=O)[O-]. The van der Waals surface area contributed by atoms with E-state index in [9.17, 15) is 32.9 Å². The summed E-state index contributed by atoms with van der Waals surface area (Å²) >= 11 is 3.52. The summed E-state index contributed by atoms with van der Waals surface area (Å²) in [5.41, 5.74) is 0.812. The van der Waals surface area contributed by atoms with Crippen LogP contribution in [0.5, 0.6) is 17.2 Å². The standard InChI is InChI=1S/C36H40BrF3N2O7/c1-7-48-29-14-20(13-22(37)33(29)49-28-10-9-21(36(38,39)40)15-23(28)42(45)46)30-31-24(16-34(2,3)18-26(31)43)41(11-8-12-47-6)25-17-35(4,5)19-27(44)32(25)30/h9-10,13-15,30H,7-8,11-12,16-19H2,1-6H3. The minimum atomic E-state index is -4.79. The summed E-state index contributed by atoms with van der Waals surface area (Å²) in [6, 6.07) is 5.37. The normalized spacial score (nSPS) is 19.2. The molecule has 1 heterocycles. The highest BCUT2D eigenvalue weighted by Gasteiger charge is 2.49. The van der Waals surface area contributed by atoms with Crippen molar-refractivity contribution in [2.45, 2.75) is 78.8 Å². The summed E-state index contributed by atoms with van der Waals surface area (Å²) in [4.78, 5) is 41.4. The monoisotopic (exact) mass is 748 g/mol. The molecular formula is C36H40BrF3N2O7. The van der Waals surface area contributed by atoms with Gasteiger partial charge in [-0.1, -0.05) is 27.7 Å². The molecule has 0 unspecified atom stereocenters. The summed E-state index contributed by atoms with van der Waals surface area (Å²) in [7, 11) is 1.64. The number of ketones is 2. The number of hydrogen-bond donors (Lipinski definition) is 0. The second-order valence-electron chi connectivity index (χ2n) is 14.3. The summed E-state index contributed by atoms with van der Waals surface area (Å²) < 4.78 is 57.6. The lowest BCUT2D eigenvalue weighted by molar-refractivity contribution is -0.385. The number of Topliss-reactive ketones (excluding diaryl/α,β-unsaturated/α-hetero) is 2. The van der Waals surface area contributed by atoms with Crippen molar-refractivity contribution in [1.82, 2.24) is 4.90 Å². The van der Waals surface area contributed by atoms with Gasteiger partial charge in [0, 0.05) is 67.6 Å². The van der Waals surface area contributed by atoms with Crippen LogP contribution in [0.1, 0.15) is 83.8 Å². The minimum absolute atomic E-state index is 0.000995. The van der Waals surface area contributed by atoms with Crippen molar-refractivity contribution in [3.63, 3.8) is 0 Å². The lowest BCUT2D eigenvalue weighted by Crippen LogP contribution is -2.44. The first-order valence-electron chi connectivity index (χ1n) is 16.2. The topological polar surface area (TPSA) is 108 Å². The number of halogens is 4. The molecule has 13 heteroatoms. The van der Waals surface area contributed by atoms with Crippen LogP contribution < -0.4 is 9.47 Å². The molecule has 2 aromatic carbocycles. The van der Waals surface area contributed by atoms with E-state index in [-0.39, 0.29) is 45.0 Å². The molecule has 0 bridgehead atoms. The van der Waals surface area contributed by atoms with E-state index in [4.69, 9.17) is 14.2 Å². The van der Waals surface area contributed by atoms with Crippen molar-refractivity contribution < 1.29 is 41.9 Å². The van der Waals surface area contributed by atoms with Crippen molar-refractivity contribution in [3.8, 4) is 17.2 Å². The van der Waals surface area contributed by atoms with Crippen LogP contribution in [0.25, 0.3) is 0 Å². The quantitative estimate of drug-likeness (QED) is 0.134. The average Bonchev–Trinajstić information content (AvgIpc) is 2.97. The Balaban J connectivity index is 1.70. The van der Waals surface area contributed by atoms with Crippen LogP contribution >= 0.6 is 15.9 Å². The van der Waals surface area contributed by atoms with Crippen LogP contribution in [0.2, 0.25) is 0 Å². The molecule has 2 aliphatic carbocycles. The first kappa shape index (κ1) is 36.6. The summed E-state index contributed by atoms with van der Waals surface area (Å²) in [5, 5.41) is 11.8. The van der Waals surface area contributed by atoms with E-state index in [0.29, 0.717) is 74.1 Å². The Morgan fingerprint density at radius 3 is 2.06 bits per heavy atom. The number of alkyl halides is 3. The van der Waals surface area contributed by atoms with E-state index < -0.39 is 34.0 Å².